The van der Waals surface area contributed by atoms with Gasteiger partial charge in [-0.3, -0.25) is 9.48 Å². The molecule has 0 saturated carbocycles. The van der Waals surface area contributed by atoms with E-state index in [1.54, 1.807) is 10.9 Å². The van der Waals surface area contributed by atoms with Crippen LogP contribution in [0, 0.1) is 11.4 Å². The van der Waals surface area contributed by atoms with Gasteiger partial charge in [-0.15, -0.1) is 0 Å². The Kier molecular flexibility index (Phi) is 5.03. The highest BCUT2D eigenvalue weighted by atomic mass is 19.1. The Balaban J connectivity index is 1.32. The van der Waals surface area contributed by atoms with E-state index < -0.39 is 5.95 Å². The number of carbonyl (C=O) groups is 1. The van der Waals surface area contributed by atoms with E-state index in [0.717, 1.165) is 57.4 Å². The molecule has 2 aromatic heterocycles. The number of rotatable bonds is 3. The highest BCUT2D eigenvalue weighted by Crippen LogP contribution is 2.42. The molecule has 1 amide bonds. The van der Waals surface area contributed by atoms with Gasteiger partial charge in [0.1, 0.15) is 12.1 Å². The lowest BCUT2D eigenvalue weighted by atomic mass is 9.71. The summed E-state index contributed by atoms with van der Waals surface area (Å²) in [7, 11) is 1.87. The van der Waals surface area contributed by atoms with E-state index in [0.29, 0.717) is 5.82 Å². The third-order valence-electron chi connectivity index (χ3n) is 6.50. The van der Waals surface area contributed by atoms with Crippen LogP contribution in [0.25, 0.3) is 0 Å². The number of nitrogens with zero attached hydrogens (tertiary/aromatic N) is 6. The molecule has 0 bridgehead atoms. The summed E-state index contributed by atoms with van der Waals surface area (Å²) in [6.45, 7) is 5.33. The fourth-order valence-corrected chi connectivity index (χ4v) is 4.49. The maximum Gasteiger partial charge on any atom is 0.229 e. The summed E-state index contributed by atoms with van der Waals surface area (Å²) in [5.41, 5.74) is 1.26. The van der Waals surface area contributed by atoms with Crippen molar-refractivity contribution in [1.82, 2.24) is 24.6 Å². The van der Waals surface area contributed by atoms with Gasteiger partial charge in [0.15, 0.2) is 0 Å². The minimum absolute atomic E-state index is 0.155. The second-order valence-electron chi connectivity index (χ2n) is 8.18. The molecule has 7 nitrogen and oxygen atoms in total. The van der Waals surface area contributed by atoms with Gasteiger partial charge in [-0.25, -0.2) is 9.97 Å². The van der Waals surface area contributed by atoms with Crippen molar-refractivity contribution in [1.29, 1.82) is 0 Å². The van der Waals surface area contributed by atoms with Crippen molar-refractivity contribution in [2.45, 2.75) is 38.5 Å². The summed E-state index contributed by atoms with van der Waals surface area (Å²) in [4.78, 5) is 24.8. The van der Waals surface area contributed by atoms with Gasteiger partial charge < -0.3 is 9.80 Å². The normalized spacial score (nSPS) is 20.4. The zero-order chi connectivity index (χ0) is 19.7. The molecule has 0 radical (unpaired) electrons. The predicted molar refractivity (Wildman–Crippen MR) is 103 cm³/mol. The first-order chi connectivity index (χ1) is 13.5. The van der Waals surface area contributed by atoms with Gasteiger partial charge >= 0.3 is 0 Å². The summed E-state index contributed by atoms with van der Waals surface area (Å²) >= 11 is 0. The molecule has 2 fully saturated rings. The van der Waals surface area contributed by atoms with Crippen LogP contribution in [-0.2, 0) is 11.8 Å². The standard InChI is InChI=1S/C20H27FN6O/c1-15(16-12-24-25(2)13-16)19(28)27-9-5-20(6-10-27)3-7-26(8-4-20)18-11-17(21)22-14-23-18/h11-15H,3-10H2,1-2H3. The van der Waals surface area contributed by atoms with Crippen molar-refractivity contribution in [3.05, 3.63) is 36.3 Å². The molecule has 0 aliphatic carbocycles. The average Bonchev–Trinajstić information content (AvgIpc) is 3.14. The van der Waals surface area contributed by atoms with Crippen molar-refractivity contribution in [3.63, 3.8) is 0 Å². The van der Waals surface area contributed by atoms with E-state index >= 15 is 0 Å². The minimum atomic E-state index is -0.486. The van der Waals surface area contributed by atoms with Gasteiger partial charge in [0.25, 0.3) is 0 Å². The number of amides is 1. The molecule has 0 N–H and O–H groups in total. The number of carbonyl (C=O) groups excluding carboxylic acids is 1. The SMILES string of the molecule is CC(C(=O)N1CCC2(CC1)CCN(c1cc(F)ncn1)CC2)c1cnn(C)c1. The molecule has 2 aliphatic rings. The van der Waals surface area contributed by atoms with Crippen LogP contribution in [0.4, 0.5) is 10.2 Å². The van der Waals surface area contributed by atoms with E-state index in [9.17, 15) is 9.18 Å². The molecule has 2 aliphatic heterocycles. The molecule has 28 heavy (non-hydrogen) atoms. The molecule has 2 saturated heterocycles. The van der Waals surface area contributed by atoms with Crippen LogP contribution in [0.1, 0.15) is 44.1 Å². The summed E-state index contributed by atoms with van der Waals surface area (Å²) < 4.78 is 15.1. The largest absolute Gasteiger partial charge is 0.356 e. The Morgan fingerprint density at radius 3 is 2.43 bits per heavy atom. The number of aryl methyl sites for hydroxylation is 1. The van der Waals surface area contributed by atoms with Crippen LogP contribution in [-0.4, -0.2) is 56.7 Å². The summed E-state index contributed by atoms with van der Waals surface area (Å²) in [6, 6.07) is 1.40. The minimum Gasteiger partial charge on any atom is -0.356 e. The average molecular weight is 386 g/mol. The van der Waals surface area contributed by atoms with Crippen LogP contribution in [0.15, 0.2) is 24.8 Å². The Bertz CT molecular complexity index is 835. The molecule has 2 aromatic rings. The van der Waals surface area contributed by atoms with Crippen LogP contribution in [0.5, 0.6) is 0 Å². The maximum absolute atomic E-state index is 13.4. The van der Waals surface area contributed by atoms with Crippen molar-refractivity contribution in [2.75, 3.05) is 31.1 Å². The molecule has 0 aromatic carbocycles. The number of likely N-dealkylation sites (tertiary alicyclic amines) is 1. The molecular weight excluding hydrogens is 359 g/mol. The number of anilines is 1. The molecule has 1 spiro atoms. The Hall–Kier alpha value is -2.51. The maximum atomic E-state index is 13.4. The zero-order valence-electron chi connectivity index (χ0n) is 16.5. The summed E-state index contributed by atoms with van der Waals surface area (Å²) in [5, 5.41) is 4.18. The number of hydrogen-bond acceptors (Lipinski definition) is 5. The van der Waals surface area contributed by atoms with Gasteiger partial charge in [-0.1, -0.05) is 0 Å². The molecule has 8 heteroatoms. The van der Waals surface area contributed by atoms with E-state index in [-0.39, 0.29) is 17.2 Å². The lowest BCUT2D eigenvalue weighted by Crippen LogP contribution is -2.49. The molecule has 150 valence electrons. The molecular formula is C20H27FN6O. The van der Waals surface area contributed by atoms with Crippen LogP contribution in [0.3, 0.4) is 0 Å². The fraction of sp³-hybridized carbons (Fsp3) is 0.600. The highest BCUT2D eigenvalue weighted by Gasteiger charge is 2.39. The van der Waals surface area contributed by atoms with Crippen LogP contribution < -0.4 is 4.90 Å². The zero-order valence-corrected chi connectivity index (χ0v) is 16.5. The van der Waals surface area contributed by atoms with Crippen LogP contribution >= 0.6 is 0 Å². The number of piperidine rings is 2. The van der Waals surface area contributed by atoms with Gasteiger partial charge in [0.05, 0.1) is 12.1 Å². The van der Waals surface area contributed by atoms with E-state index in [2.05, 4.69) is 20.0 Å². The highest BCUT2D eigenvalue weighted by molar-refractivity contribution is 5.83. The second kappa shape index (κ2) is 7.48. The molecule has 4 rings (SSSR count). The number of hydrogen-bond donors (Lipinski definition) is 0. The predicted octanol–water partition coefficient (Wildman–Crippen LogP) is 2.36. The van der Waals surface area contributed by atoms with Crippen molar-refractivity contribution >= 4 is 11.7 Å². The third kappa shape index (κ3) is 3.72. The van der Waals surface area contributed by atoms with E-state index in [4.69, 9.17) is 0 Å². The Labute approximate surface area is 164 Å². The third-order valence-corrected chi connectivity index (χ3v) is 6.50. The topological polar surface area (TPSA) is 67.2 Å². The van der Waals surface area contributed by atoms with Crippen LogP contribution in [0.2, 0.25) is 0 Å². The van der Waals surface area contributed by atoms with Gasteiger partial charge in [0.2, 0.25) is 11.9 Å². The monoisotopic (exact) mass is 386 g/mol. The van der Waals surface area contributed by atoms with E-state index in [1.165, 1.54) is 12.4 Å². The quantitative estimate of drug-likeness (QED) is 0.758. The summed E-state index contributed by atoms with van der Waals surface area (Å²) in [6.07, 6.45) is 9.15. The van der Waals surface area contributed by atoms with E-state index in [1.807, 2.05) is 25.1 Å². The summed E-state index contributed by atoms with van der Waals surface area (Å²) in [5.74, 6) is 0.217. The molecule has 4 heterocycles. The van der Waals surface area contributed by atoms with Gasteiger partial charge in [0, 0.05) is 51.1 Å². The first-order valence-electron chi connectivity index (χ1n) is 9.96. The lowest BCUT2D eigenvalue weighted by Gasteiger charge is -2.47. The molecule has 1 atom stereocenters. The fourth-order valence-electron chi connectivity index (χ4n) is 4.49. The smallest absolute Gasteiger partial charge is 0.229 e. The first kappa shape index (κ1) is 18.8. The van der Waals surface area contributed by atoms with Crippen molar-refractivity contribution < 1.29 is 9.18 Å². The van der Waals surface area contributed by atoms with Crippen molar-refractivity contribution in [3.8, 4) is 0 Å². The van der Waals surface area contributed by atoms with Gasteiger partial charge in [-0.2, -0.15) is 9.49 Å². The van der Waals surface area contributed by atoms with Gasteiger partial charge in [-0.05, 0) is 38.0 Å². The Morgan fingerprint density at radius 1 is 1.14 bits per heavy atom. The Morgan fingerprint density at radius 2 is 1.82 bits per heavy atom. The number of aromatic nitrogens is 4. The first-order valence-corrected chi connectivity index (χ1v) is 9.96. The lowest BCUT2D eigenvalue weighted by molar-refractivity contribution is -0.135. The van der Waals surface area contributed by atoms with Crippen molar-refractivity contribution in [2.24, 2.45) is 12.5 Å². The number of halogens is 1. The second-order valence-corrected chi connectivity index (χ2v) is 8.18. The molecule has 1 unspecified atom stereocenters.